The van der Waals surface area contributed by atoms with Gasteiger partial charge in [-0.05, 0) is 54.3 Å². The molecule has 0 aliphatic carbocycles. The summed E-state index contributed by atoms with van der Waals surface area (Å²) in [6.45, 7) is 2.26. The molecule has 0 spiro atoms. The Labute approximate surface area is 137 Å². The smallest absolute Gasteiger partial charge is 0.261 e. The second kappa shape index (κ2) is 6.66. The molecule has 0 atom stereocenters. The van der Waals surface area contributed by atoms with Gasteiger partial charge in [-0.15, -0.1) is 11.3 Å². The van der Waals surface area contributed by atoms with Crippen LogP contribution in [0, 0.1) is 12.7 Å². The molecule has 2 heterocycles. The lowest BCUT2D eigenvalue weighted by Crippen LogP contribution is -2.22. The summed E-state index contributed by atoms with van der Waals surface area (Å²) in [7, 11) is 0. The minimum atomic E-state index is -0.290. The summed E-state index contributed by atoms with van der Waals surface area (Å²) < 4.78 is 13.0. The molecule has 116 valence electrons. The maximum Gasteiger partial charge on any atom is 0.261 e. The molecule has 2 aromatic heterocycles. The second-order valence-electron chi connectivity index (χ2n) is 5.07. The standard InChI is InChI=1S/C17H14FN3OS/c1-11-6-16(23-9-11)17(22)19-8-14-7-15(21-10-20-14)12-2-4-13(18)5-3-12/h2-7,9-10H,8H2,1H3,(H,19,22). The van der Waals surface area contributed by atoms with Gasteiger partial charge in [0.25, 0.3) is 5.91 Å². The van der Waals surface area contributed by atoms with Crippen molar-refractivity contribution in [1.29, 1.82) is 0 Å². The van der Waals surface area contributed by atoms with Crippen LogP contribution in [0.25, 0.3) is 11.3 Å². The fourth-order valence-corrected chi connectivity index (χ4v) is 2.90. The normalized spacial score (nSPS) is 10.5. The molecular formula is C17H14FN3OS. The van der Waals surface area contributed by atoms with E-state index in [9.17, 15) is 9.18 Å². The van der Waals surface area contributed by atoms with Crippen LogP contribution in [0.1, 0.15) is 20.9 Å². The first-order valence-electron chi connectivity index (χ1n) is 7.02. The lowest BCUT2D eigenvalue weighted by atomic mass is 10.1. The summed E-state index contributed by atoms with van der Waals surface area (Å²) in [6.07, 6.45) is 1.44. The van der Waals surface area contributed by atoms with Crippen LogP contribution in [0.2, 0.25) is 0 Å². The minimum absolute atomic E-state index is 0.120. The molecule has 1 aromatic carbocycles. The predicted molar refractivity (Wildman–Crippen MR) is 87.7 cm³/mol. The van der Waals surface area contributed by atoms with Gasteiger partial charge in [0.1, 0.15) is 12.1 Å². The number of nitrogens with one attached hydrogen (secondary N) is 1. The zero-order valence-corrected chi connectivity index (χ0v) is 13.2. The molecule has 0 bridgehead atoms. The van der Waals surface area contributed by atoms with Crippen LogP contribution in [-0.2, 0) is 6.54 Å². The molecule has 1 amide bonds. The number of carbonyl (C=O) groups excluding carboxylic acids is 1. The number of rotatable bonds is 4. The van der Waals surface area contributed by atoms with Crippen molar-refractivity contribution in [3.8, 4) is 11.3 Å². The highest BCUT2D eigenvalue weighted by Crippen LogP contribution is 2.17. The van der Waals surface area contributed by atoms with Gasteiger partial charge in [0.2, 0.25) is 0 Å². The number of aromatic nitrogens is 2. The van der Waals surface area contributed by atoms with Crippen LogP contribution >= 0.6 is 11.3 Å². The molecule has 0 saturated carbocycles. The quantitative estimate of drug-likeness (QED) is 0.797. The van der Waals surface area contributed by atoms with E-state index in [1.165, 1.54) is 29.8 Å². The van der Waals surface area contributed by atoms with Gasteiger partial charge in [-0.2, -0.15) is 0 Å². The highest BCUT2D eigenvalue weighted by molar-refractivity contribution is 7.12. The van der Waals surface area contributed by atoms with Crippen LogP contribution in [0.3, 0.4) is 0 Å². The van der Waals surface area contributed by atoms with E-state index in [4.69, 9.17) is 0 Å². The van der Waals surface area contributed by atoms with Crippen molar-refractivity contribution in [3.63, 3.8) is 0 Å². The van der Waals surface area contributed by atoms with Crippen LogP contribution < -0.4 is 5.32 Å². The molecule has 0 saturated heterocycles. The topological polar surface area (TPSA) is 54.9 Å². The first kappa shape index (κ1) is 15.3. The van der Waals surface area contributed by atoms with Crippen molar-refractivity contribution >= 4 is 17.2 Å². The number of hydrogen-bond acceptors (Lipinski definition) is 4. The van der Waals surface area contributed by atoms with Gasteiger partial charge in [-0.1, -0.05) is 0 Å². The maximum atomic E-state index is 13.0. The predicted octanol–water partition coefficient (Wildman–Crippen LogP) is 3.58. The summed E-state index contributed by atoms with van der Waals surface area (Å²) in [6, 6.07) is 9.73. The number of nitrogens with zero attached hydrogens (tertiary/aromatic N) is 2. The Morgan fingerprint density at radius 2 is 2.00 bits per heavy atom. The fourth-order valence-electron chi connectivity index (χ4n) is 2.08. The number of hydrogen-bond donors (Lipinski definition) is 1. The molecule has 1 N–H and O–H groups in total. The first-order valence-corrected chi connectivity index (χ1v) is 7.90. The third kappa shape index (κ3) is 3.78. The monoisotopic (exact) mass is 327 g/mol. The third-order valence-electron chi connectivity index (χ3n) is 3.25. The zero-order chi connectivity index (χ0) is 16.2. The number of carbonyl (C=O) groups is 1. The second-order valence-corrected chi connectivity index (χ2v) is 5.98. The average molecular weight is 327 g/mol. The van der Waals surface area contributed by atoms with Crippen molar-refractivity contribution < 1.29 is 9.18 Å². The Morgan fingerprint density at radius 3 is 2.70 bits per heavy atom. The van der Waals surface area contributed by atoms with E-state index in [0.29, 0.717) is 22.8 Å². The van der Waals surface area contributed by atoms with Gasteiger partial charge < -0.3 is 5.32 Å². The van der Waals surface area contributed by atoms with E-state index in [1.54, 1.807) is 18.2 Å². The van der Waals surface area contributed by atoms with Gasteiger partial charge in [0.15, 0.2) is 0 Å². The highest BCUT2D eigenvalue weighted by Gasteiger charge is 2.08. The Morgan fingerprint density at radius 1 is 1.22 bits per heavy atom. The van der Waals surface area contributed by atoms with Gasteiger partial charge in [-0.25, -0.2) is 14.4 Å². The van der Waals surface area contributed by atoms with Crippen LogP contribution in [0.4, 0.5) is 4.39 Å². The van der Waals surface area contributed by atoms with Gasteiger partial charge in [-0.3, -0.25) is 4.79 Å². The first-order chi connectivity index (χ1) is 11.1. The van der Waals surface area contributed by atoms with Crippen molar-refractivity contribution in [1.82, 2.24) is 15.3 Å². The summed E-state index contributed by atoms with van der Waals surface area (Å²) in [5.74, 6) is -0.411. The SMILES string of the molecule is Cc1csc(C(=O)NCc2cc(-c3ccc(F)cc3)ncn2)c1. The molecule has 6 heteroatoms. The zero-order valence-electron chi connectivity index (χ0n) is 12.4. The summed E-state index contributed by atoms with van der Waals surface area (Å²) in [5.41, 5.74) is 3.26. The summed E-state index contributed by atoms with van der Waals surface area (Å²) in [5, 5.41) is 4.77. The van der Waals surface area contributed by atoms with E-state index in [2.05, 4.69) is 15.3 Å². The van der Waals surface area contributed by atoms with E-state index in [-0.39, 0.29) is 11.7 Å². The Bertz CT molecular complexity index is 830. The molecule has 0 unspecified atom stereocenters. The van der Waals surface area contributed by atoms with Gasteiger partial charge in [0, 0.05) is 5.56 Å². The maximum absolute atomic E-state index is 13.0. The van der Waals surface area contributed by atoms with E-state index < -0.39 is 0 Å². The minimum Gasteiger partial charge on any atom is -0.346 e. The van der Waals surface area contributed by atoms with Crippen molar-refractivity contribution in [2.24, 2.45) is 0 Å². The van der Waals surface area contributed by atoms with Gasteiger partial charge >= 0.3 is 0 Å². The number of halogens is 1. The Kier molecular flexibility index (Phi) is 4.43. The van der Waals surface area contributed by atoms with Gasteiger partial charge in [0.05, 0.1) is 22.8 Å². The summed E-state index contributed by atoms with van der Waals surface area (Å²) in [4.78, 5) is 21.1. The largest absolute Gasteiger partial charge is 0.346 e. The van der Waals surface area contributed by atoms with Crippen LogP contribution in [0.5, 0.6) is 0 Å². The number of amides is 1. The molecule has 0 aliphatic heterocycles. The van der Waals surface area contributed by atoms with E-state index in [1.807, 2.05) is 18.4 Å². The number of aryl methyl sites for hydroxylation is 1. The number of thiophene rings is 1. The Hall–Kier alpha value is -2.60. The molecule has 3 aromatic rings. The number of benzene rings is 1. The van der Waals surface area contributed by atoms with Crippen molar-refractivity contribution in [3.05, 3.63) is 70.1 Å². The summed E-state index contributed by atoms with van der Waals surface area (Å²) >= 11 is 1.41. The molecule has 0 radical (unpaired) electrons. The van der Waals surface area contributed by atoms with Crippen LogP contribution in [-0.4, -0.2) is 15.9 Å². The average Bonchev–Trinajstić information content (AvgIpc) is 3.00. The van der Waals surface area contributed by atoms with E-state index >= 15 is 0 Å². The Balaban J connectivity index is 1.70. The molecule has 0 fully saturated rings. The third-order valence-corrected chi connectivity index (χ3v) is 4.29. The van der Waals surface area contributed by atoms with Crippen molar-refractivity contribution in [2.45, 2.75) is 13.5 Å². The lowest BCUT2D eigenvalue weighted by Gasteiger charge is -2.05. The highest BCUT2D eigenvalue weighted by atomic mass is 32.1. The molecule has 23 heavy (non-hydrogen) atoms. The lowest BCUT2D eigenvalue weighted by molar-refractivity contribution is 0.0954. The fraction of sp³-hybridized carbons (Fsp3) is 0.118. The van der Waals surface area contributed by atoms with Crippen molar-refractivity contribution in [2.75, 3.05) is 0 Å². The molecule has 4 nitrogen and oxygen atoms in total. The van der Waals surface area contributed by atoms with Crippen LogP contribution in [0.15, 0.2) is 48.1 Å². The van der Waals surface area contributed by atoms with E-state index in [0.717, 1.165) is 11.1 Å². The molecule has 3 rings (SSSR count). The molecule has 0 aliphatic rings. The molecular weight excluding hydrogens is 313 g/mol.